The highest BCUT2D eigenvalue weighted by atomic mass is 19.1. The minimum atomic E-state index is -0.595. The highest BCUT2D eigenvalue weighted by Crippen LogP contribution is 2.36. The van der Waals surface area contributed by atoms with Crippen molar-refractivity contribution in [3.8, 4) is 6.07 Å². The monoisotopic (exact) mass is 436 g/mol. The third kappa shape index (κ3) is 8.40. The van der Waals surface area contributed by atoms with Crippen molar-refractivity contribution in [3.63, 3.8) is 0 Å². The van der Waals surface area contributed by atoms with Gasteiger partial charge in [-0.05, 0) is 81.4 Å². The largest absolute Gasteiger partial charge is 0.298 e. The number of hydrogen-bond acceptors (Lipinski definition) is 2. The second-order valence-electron chi connectivity index (χ2n) is 9.24. The van der Waals surface area contributed by atoms with E-state index in [0.717, 1.165) is 32.2 Å². The summed E-state index contributed by atoms with van der Waals surface area (Å²) in [6, 6.07) is 22.8. The van der Waals surface area contributed by atoms with Crippen molar-refractivity contribution in [1.82, 2.24) is 4.90 Å². The Morgan fingerprint density at radius 3 is 2.16 bits per heavy atom. The molecule has 1 aliphatic rings. The van der Waals surface area contributed by atoms with Crippen LogP contribution in [-0.2, 0) is 12.8 Å². The molecule has 3 unspecified atom stereocenters. The van der Waals surface area contributed by atoms with Crippen molar-refractivity contribution >= 4 is 0 Å². The fourth-order valence-corrected chi connectivity index (χ4v) is 4.89. The Bertz CT molecular complexity index is 794. The fourth-order valence-electron chi connectivity index (χ4n) is 4.89. The summed E-state index contributed by atoms with van der Waals surface area (Å²) in [5, 5.41) is 7.32. The molecule has 32 heavy (non-hydrogen) atoms. The summed E-state index contributed by atoms with van der Waals surface area (Å²) in [4.78, 5) is 2.68. The molecule has 2 aromatic rings. The highest BCUT2D eigenvalue weighted by molar-refractivity contribution is 5.26. The quantitative estimate of drug-likeness (QED) is 0.386. The summed E-state index contributed by atoms with van der Waals surface area (Å²) >= 11 is 0. The molecule has 1 saturated carbocycles. The molecule has 0 saturated heterocycles. The maximum atomic E-state index is 13.5. The second-order valence-corrected chi connectivity index (χ2v) is 9.24. The molecule has 3 rings (SSSR count). The topological polar surface area (TPSA) is 27.0 Å². The van der Waals surface area contributed by atoms with Crippen LogP contribution in [0.1, 0.15) is 82.4 Å². The number of alkyl halides is 1. The highest BCUT2D eigenvalue weighted by Gasteiger charge is 2.25. The van der Waals surface area contributed by atoms with Crippen LogP contribution in [0.15, 0.2) is 54.6 Å². The first-order chi connectivity index (χ1) is 15.5. The van der Waals surface area contributed by atoms with E-state index in [9.17, 15) is 4.39 Å². The number of nitrogens with zero attached hydrogens (tertiary/aromatic N) is 2. The van der Waals surface area contributed by atoms with Crippen LogP contribution in [0.5, 0.6) is 0 Å². The molecule has 3 heteroatoms. The van der Waals surface area contributed by atoms with Crippen LogP contribution in [-0.4, -0.2) is 29.7 Å². The van der Waals surface area contributed by atoms with Crippen molar-refractivity contribution in [1.29, 1.82) is 5.26 Å². The Morgan fingerprint density at radius 2 is 1.62 bits per heavy atom. The molecular weight excluding hydrogens is 395 g/mol. The van der Waals surface area contributed by atoms with E-state index in [1.54, 1.807) is 6.07 Å². The predicted octanol–water partition coefficient (Wildman–Crippen LogP) is 7.49. The Kier molecular flexibility index (Phi) is 11.5. The smallest absolute Gasteiger partial charge is 0.101 e. The zero-order valence-electron chi connectivity index (χ0n) is 20.4. The standard InChI is InChI=1S/C27H38FN.C2H3N/c1-4-27(29(21(2)3)19-18-22-8-6-5-7-9-22)17-12-23-10-13-24(14-11-23)25-15-16-26(28)20-25;1-2-3/h5-11,13-14,21,25-27H,4,12,15-20H2,1-3H3;1H3. The normalized spacial score (nSPS) is 18.8. The SMILES string of the molecule is CC#N.CCC(CCc1ccc(C2CCC(F)C2)cc1)N(CCc1ccccc1)C(C)C. The minimum Gasteiger partial charge on any atom is -0.298 e. The van der Waals surface area contributed by atoms with Gasteiger partial charge >= 0.3 is 0 Å². The number of rotatable bonds is 10. The Balaban J connectivity index is 0.00000114. The number of aryl methyl sites for hydroxylation is 1. The summed E-state index contributed by atoms with van der Waals surface area (Å²) in [6.07, 6.45) is 6.46. The van der Waals surface area contributed by atoms with E-state index in [1.807, 2.05) is 0 Å². The Morgan fingerprint density at radius 1 is 1.00 bits per heavy atom. The summed E-state index contributed by atoms with van der Waals surface area (Å²) in [5.74, 6) is 0.428. The first-order valence-electron chi connectivity index (χ1n) is 12.3. The molecule has 0 spiro atoms. The van der Waals surface area contributed by atoms with Gasteiger partial charge in [0.05, 0.1) is 6.07 Å². The molecule has 2 nitrogen and oxygen atoms in total. The zero-order valence-corrected chi connectivity index (χ0v) is 20.4. The molecule has 3 atom stereocenters. The molecular formula is C29H41FN2. The molecule has 0 heterocycles. The summed E-state index contributed by atoms with van der Waals surface area (Å²) in [7, 11) is 0. The van der Waals surface area contributed by atoms with E-state index in [0.29, 0.717) is 24.4 Å². The molecule has 2 aromatic carbocycles. The zero-order chi connectivity index (χ0) is 23.3. The van der Waals surface area contributed by atoms with Crippen LogP contribution in [0.2, 0.25) is 0 Å². The van der Waals surface area contributed by atoms with Crippen molar-refractivity contribution in [2.24, 2.45) is 0 Å². The van der Waals surface area contributed by atoms with Crippen LogP contribution in [0, 0.1) is 11.3 Å². The molecule has 0 N–H and O–H groups in total. The lowest BCUT2D eigenvalue weighted by molar-refractivity contribution is 0.143. The van der Waals surface area contributed by atoms with Crippen LogP contribution in [0.3, 0.4) is 0 Å². The molecule has 0 radical (unpaired) electrons. The third-order valence-electron chi connectivity index (χ3n) is 6.69. The lowest BCUT2D eigenvalue weighted by Crippen LogP contribution is -2.41. The van der Waals surface area contributed by atoms with Gasteiger partial charge in [-0.2, -0.15) is 5.26 Å². The minimum absolute atomic E-state index is 0.428. The average molecular weight is 437 g/mol. The van der Waals surface area contributed by atoms with Crippen LogP contribution in [0.4, 0.5) is 4.39 Å². The van der Waals surface area contributed by atoms with Crippen molar-refractivity contribution in [3.05, 3.63) is 71.3 Å². The summed E-state index contributed by atoms with van der Waals surface area (Å²) in [5.41, 5.74) is 4.16. The van der Waals surface area contributed by atoms with E-state index in [-0.39, 0.29) is 0 Å². The van der Waals surface area contributed by atoms with E-state index in [1.165, 1.54) is 36.5 Å². The summed E-state index contributed by atoms with van der Waals surface area (Å²) < 4.78 is 13.5. The lowest BCUT2D eigenvalue weighted by Gasteiger charge is -2.35. The molecule has 0 amide bonds. The van der Waals surface area contributed by atoms with Crippen molar-refractivity contribution < 1.29 is 4.39 Å². The van der Waals surface area contributed by atoms with Crippen molar-refractivity contribution in [2.45, 2.75) is 96.8 Å². The third-order valence-corrected chi connectivity index (χ3v) is 6.69. The molecule has 0 aromatic heterocycles. The van der Waals surface area contributed by atoms with Gasteiger partial charge in [-0.3, -0.25) is 4.90 Å². The van der Waals surface area contributed by atoms with Crippen LogP contribution >= 0.6 is 0 Å². The van der Waals surface area contributed by atoms with Crippen molar-refractivity contribution in [2.75, 3.05) is 6.54 Å². The maximum absolute atomic E-state index is 13.5. The van der Waals surface area contributed by atoms with Crippen LogP contribution < -0.4 is 0 Å². The molecule has 1 fully saturated rings. The van der Waals surface area contributed by atoms with Gasteiger partial charge in [0.1, 0.15) is 6.17 Å². The van der Waals surface area contributed by atoms with E-state index in [2.05, 4.69) is 80.3 Å². The fraction of sp³-hybridized carbons (Fsp3) is 0.552. The first kappa shape index (κ1) is 26.1. The molecule has 174 valence electrons. The lowest BCUT2D eigenvalue weighted by atomic mass is 9.94. The van der Waals surface area contributed by atoms with Gasteiger partial charge in [-0.25, -0.2) is 4.39 Å². The van der Waals surface area contributed by atoms with Gasteiger partial charge in [-0.1, -0.05) is 61.5 Å². The second kappa shape index (κ2) is 14.1. The number of halogens is 1. The number of nitriles is 1. The summed E-state index contributed by atoms with van der Waals surface area (Å²) in [6.45, 7) is 9.51. The van der Waals surface area contributed by atoms with Crippen LogP contribution in [0.25, 0.3) is 0 Å². The van der Waals surface area contributed by atoms with Gasteiger partial charge in [0.15, 0.2) is 0 Å². The molecule has 0 aliphatic heterocycles. The van der Waals surface area contributed by atoms with Gasteiger partial charge in [-0.15, -0.1) is 0 Å². The Labute approximate surface area is 195 Å². The number of hydrogen-bond donors (Lipinski definition) is 0. The van der Waals surface area contributed by atoms with E-state index >= 15 is 0 Å². The van der Waals surface area contributed by atoms with Gasteiger partial charge in [0.2, 0.25) is 0 Å². The molecule has 0 bridgehead atoms. The number of benzene rings is 2. The van der Waals surface area contributed by atoms with Gasteiger partial charge < -0.3 is 0 Å². The Hall–Kier alpha value is -2.18. The van der Waals surface area contributed by atoms with E-state index in [4.69, 9.17) is 5.26 Å². The van der Waals surface area contributed by atoms with E-state index < -0.39 is 6.17 Å². The first-order valence-corrected chi connectivity index (χ1v) is 12.3. The average Bonchev–Trinajstić information content (AvgIpc) is 3.23. The van der Waals surface area contributed by atoms with Gasteiger partial charge in [0.25, 0.3) is 0 Å². The molecule has 1 aliphatic carbocycles. The predicted molar refractivity (Wildman–Crippen MR) is 134 cm³/mol. The maximum Gasteiger partial charge on any atom is 0.101 e. The van der Waals surface area contributed by atoms with Gasteiger partial charge in [0, 0.05) is 25.6 Å².